The van der Waals surface area contributed by atoms with Gasteiger partial charge in [-0.3, -0.25) is 5.32 Å². The van der Waals surface area contributed by atoms with Crippen molar-refractivity contribution in [2.45, 2.75) is 63.6 Å². The van der Waals surface area contributed by atoms with E-state index in [9.17, 15) is 5.26 Å². The molecule has 2 fully saturated rings. The summed E-state index contributed by atoms with van der Waals surface area (Å²) in [5, 5.41) is 13.2. The first-order valence-corrected chi connectivity index (χ1v) is 6.96. The summed E-state index contributed by atoms with van der Waals surface area (Å²) >= 11 is 0. The minimum absolute atomic E-state index is 0.307. The van der Waals surface area contributed by atoms with Gasteiger partial charge in [0.25, 0.3) is 0 Å². The highest BCUT2D eigenvalue weighted by molar-refractivity contribution is 5.17. The molecule has 17 heavy (non-hydrogen) atoms. The quantitative estimate of drug-likeness (QED) is 0.766. The molecule has 96 valence electrons. The van der Waals surface area contributed by atoms with Gasteiger partial charge in [0.2, 0.25) is 0 Å². The molecule has 0 spiro atoms. The maximum Gasteiger partial charge on any atom is 0.122 e. The van der Waals surface area contributed by atoms with Gasteiger partial charge >= 0.3 is 0 Å². The summed E-state index contributed by atoms with van der Waals surface area (Å²) in [6, 6.07) is 3.69. The predicted octanol–water partition coefficient (Wildman–Crippen LogP) is 2.14. The van der Waals surface area contributed by atoms with Gasteiger partial charge in [0.05, 0.1) is 6.07 Å². The van der Waals surface area contributed by atoms with Crippen molar-refractivity contribution in [1.82, 2.24) is 10.2 Å². The summed E-state index contributed by atoms with van der Waals surface area (Å²) < 4.78 is 0. The molecule has 1 unspecified atom stereocenters. The number of likely N-dealkylation sites (N-methyl/N-ethyl adjacent to an activating group) is 1. The first-order valence-electron chi connectivity index (χ1n) is 6.96. The van der Waals surface area contributed by atoms with Gasteiger partial charge in [-0.15, -0.1) is 0 Å². The van der Waals surface area contributed by atoms with Crippen molar-refractivity contribution in [2.75, 3.05) is 13.6 Å². The van der Waals surface area contributed by atoms with Crippen LogP contribution in [0.2, 0.25) is 0 Å². The lowest BCUT2D eigenvalue weighted by atomic mass is 9.88. The van der Waals surface area contributed by atoms with Gasteiger partial charge in [0.15, 0.2) is 0 Å². The van der Waals surface area contributed by atoms with Crippen LogP contribution in [0.5, 0.6) is 0 Å². The maximum atomic E-state index is 9.62. The van der Waals surface area contributed by atoms with Crippen LogP contribution in [-0.4, -0.2) is 36.1 Å². The standard InChI is InChI=1S/C14H25N3/c1-11(2)16-14(9-15,12-7-8-12)10-17(3)13-5-4-6-13/h11-13,16H,4-8,10H2,1-3H3. The number of hydrogen-bond donors (Lipinski definition) is 1. The summed E-state index contributed by atoms with van der Waals surface area (Å²) in [4.78, 5) is 2.40. The van der Waals surface area contributed by atoms with E-state index in [4.69, 9.17) is 0 Å². The highest BCUT2D eigenvalue weighted by atomic mass is 15.2. The van der Waals surface area contributed by atoms with Crippen molar-refractivity contribution in [3.05, 3.63) is 0 Å². The molecule has 0 amide bonds. The van der Waals surface area contributed by atoms with Crippen molar-refractivity contribution in [3.63, 3.8) is 0 Å². The molecule has 2 aliphatic carbocycles. The molecule has 1 atom stereocenters. The van der Waals surface area contributed by atoms with Gasteiger partial charge in [-0.05, 0) is 52.5 Å². The van der Waals surface area contributed by atoms with Gasteiger partial charge in [0, 0.05) is 18.6 Å². The zero-order chi connectivity index (χ0) is 12.5. The second kappa shape index (κ2) is 4.96. The van der Waals surface area contributed by atoms with Crippen LogP contribution < -0.4 is 5.32 Å². The zero-order valence-corrected chi connectivity index (χ0v) is 11.4. The number of rotatable bonds is 6. The lowest BCUT2D eigenvalue weighted by Crippen LogP contribution is -2.58. The Morgan fingerprint density at radius 3 is 2.35 bits per heavy atom. The number of nitrogens with one attached hydrogen (secondary N) is 1. The van der Waals surface area contributed by atoms with E-state index in [1.54, 1.807) is 0 Å². The molecule has 2 saturated carbocycles. The van der Waals surface area contributed by atoms with Crippen LogP contribution in [0.1, 0.15) is 46.0 Å². The van der Waals surface area contributed by atoms with E-state index >= 15 is 0 Å². The van der Waals surface area contributed by atoms with E-state index in [-0.39, 0.29) is 5.54 Å². The molecular weight excluding hydrogens is 210 g/mol. The molecule has 0 bridgehead atoms. The number of nitrogens with zero attached hydrogens (tertiary/aromatic N) is 2. The van der Waals surface area contributed by atoms with Crippen LogP contribution in [0.25, 0.3) is 0 Å². The third-order valence-electron chi connectivity index (χ3n) is 4.22. The largest absolute Gasteiger partial charge is 0.301 e. The second-order valence-electron chi connectivity index (χ2n) is 6.16. The molecule has 2 rings (SSSR count). The van der Waals surface area contributed by atoms with Gasteiger partial charge in [-0.25, -0.2) is 0 Å². The molecule has 0 saturated heterocycles. The summed E-state index contributed by atoms with van der Waals surface area (Å²) in [6.45, 7) is 5.16. The Morgan fingerprint density at radius 1 is 1.35 bits per heavy atom. The molecule has 0 aromatic heterocycles. The van der Waals surface area contributed by atoms with E-state index in [1.165, 1.54) is 32.1 Å². The molecule has 3 nitrogen and oxygen atoms in total. The van der Waals surface area contributed by atoms with Crippen molar-refractivity contribution < 1.29 is 0 Å². The number of nitriles is 1. The minimum atomic E-state index is -0.307. The van der Waals surface area contributed by atoms with Crippen LogP contribution in [0.15, 0.2) is 0 Å². The molecular formula is C14H25N3. The molecule has 0 aromatic carbocycles. The topological polar surface area (TPSA) is 39.1 Å². The van der Waals surface area contributed by atoms with E-state index in [2.05, 4.69) is 37.2 Å². The molecule has 0 heterocycles. The van der Waals surface area contributed by atoms with E-state index in [1.807, 2.05) is 0 Å². The fourth-order valence-electron chi connectivity index (χ4n) is 2.89. The van der Waals surface area contributed by atoms with Crippen LogP contribution in [0, 0.1) is 17.2 Å². The van der Waals surface area contributed by atoms with Crippen molar-refractivity contribution in [3.8, 4) is 6.07 Å². The first kappa shape index (κ1) is 12.9. The molecule has 1 N–H and O–H groups in total. The summed E-state index contributed by atoms with van der Waals surface area (Å²) in [5.74, 6) is 0.567. The average molecular weight is 235 g/mol. The number of hydrogen-bond acceptors (Lipinski definition) is 3. The molecule has 2 aliphatic rings. The summed E-state index contributed by atoms with van der Waals surface area (Å²) in [6.07, 6.45) is 6.40. The molecule has 0 radical (unpaired) electrons. The lowest BCUT2D eigenvalue weighted by molar-refractivity contribution is 0.119. The SMILES string of the molecule is CC(C)NC(C#N)(CN(C)C1CCC1)C1CC1. The van der Waals surface area contributed by atoms with Gasteiger partial charge in [-0.1, -0.05) is 6.42 Å². The Morgan fingerprint density at radius 2 is 2.00 bits per heavy atom. The Hall–Kier alpha value is -0.590. The Bertz CT molecular complexity index is 299. The smallest absolute Gasteiger partial charge is 0.122 e. The van der Waals surface area contributed by atoms with Crippen LogP contribution in [0.3, 0.4) is 0 Å². The Balaban J connectivity index is 2.01. The highest BCUT2D eigenvalue weighted by Crippen LogP contribution is 2.41. The Kier molecular flexibility index (Phi) is 3.75. The third kappa shape index (κ3) is 2.81. The molecule has 3 heteroatoms. The fourth-order valence-corrected chi connectivity index (χ4v) is 2.89. The van der Waals surface area contributed by atoms with E-state index in [0.29, 0.717) is 12.0 Å². The third-order valence-corrected chi connectivity index (χ3v) is 4.22. The van der Waals surface area contributed by atoms with Crippen molar-refractivity contribution in [1.29, 1.82) is 5.26 Å². The van der Waals surface area contributed by atoms with E-state index < -0.39 is 0 Å². The predicted molar refractivity (Wildman–Crippen MR) is 69.6 cm³/mol. The zero-order valence-electron chi connectivity index (χ0n) is 11.4. The monoisotopic (exact) mass is 235 g/mol. The van der Waals surface area contributed by atoms with Crippen molar-refractivity contribution >= 4 is 0 Å². The Labute approximate surface area is 105 Å². The summed E-state index contributed by atoms with van der Waals surface area (Å²) in [7, 11) is 2.18. The van der Waals surface area contributed by atoms with Crippen molar-refractivity contribution in [2.24, 2.45) is 5.92 Å². The second-order valence-corrected chi connectivity index (χ2v) is 6.16. The highest BCUT2D eigenvalue weighted by Gasteiger charge is 2.47. The first-order chi connectivity index (χ1) is 8.07. The molecule has 0 aromatic rings. The van der Waals surface area contributed by atoms with Crippen LogP contribution in [0.4, 0.5) is 0 Å². The maximum absolute atomic E-state index is 9.62. The summed E-state index contributed by atoms with van der Waals surface area (Å²) in [5.41, 5.74) is -0.307. The van der Waals surface area contributed by atoms with Gasteiger partial charge in [-0.2, -0.15) is 5.26 Å². The van der Waals surface area contributed by atoms with Crippen LogP contribution in [-0.2, 0) is 0 Å². The molecule has 0 aliphatic heterocycles. The minimum Gasteiger partial charge on any atom is -0.301 e. The normalized spacial score (nSPS) is 24.5. The van der Waals surface area contributed by atoms with Gasteiger partial charge < -0.3 is 4.90 Å². The lowest BCUT2D eigenvalue weighted by Gasteiger charge is -2.41. The fraction of sp³-hybridized carbons (Fsp3) is 0.929. The van der Waals surface area contributed by atoms with Crippen LogP contribution >= 0.6 is 0 Å². The van der Waals surface area contributed by atoms with Gasteiger partial charge in [0.1, 0.15) is 5.54 Å². The van der Waals surface area contributed by atoms with E-state index in [0.717, 1.165) is 12.6 Å². The average Bonchev–Trinajstić information content (AvgIpc) is 2.95.